The Morgan fingerprint density at radius 3 is 2.81 bits per heavy atom. The van der Waals surface area contributed by atoms with Crippen LogP contribution >= 0.6 is 0 Å². The van der Waals surface area contributed by atoms with Gasteiger partial charge in [0.15, 0.2) is 0 Å². The number of nitrogens with zero attached hydrogens (tertiary/aromatic N) is 3. The summed E-state index contributed by atoms with van der Waals surface area (Å²) in [6, 6.07) is 2.04. The number of nitrogens with one attached hydrogen (secondary N) is 1. The summed E-state index contributed by atoms with van der Waals surface area (Å²) in [4.78, 5) is 2.30. The smallest absolute Gasteiger partial charge is 0.0918 e. The van der Waals surface area contributed by atoms with Crippen molar-refractivity contribution in [2.45, 2.75) is 19.8 Å². The van der Waals surface area contributed by atoms with Crippen LogP contribution in [-0.4, -0.2) is 40.2 Å². The molecule has 5 heteroatoms. The van der Waals surface area contributed by atoms with Crippen LogP contribution in [0.5, 0.6) is 0 Å². The van der Waals surface area contributed by atoms with E-state index in [-0.39, 0.29) is 5.84 Å². The number of hydrogen-bond acceptors (Lipinski definition) is 3. The Hall–Kier alpha value is -1.36. The highest BCUT2D eigenvalue weighted by Crippen LogP contribution is 2.00. The fourth-order valence-corrected chi connectivity index (χ4v) is 1.63. The van der Waals surface area contributed by atoms with Gasteiger partial charge in [-0.2, -0.15) is 5.10 Å². The second-order valence-electron chi connectivity index (χ2n) is 3.91. The summed E-state index contributed by atoms with van der Waals surface area (Å²) in [5, 5.41) is 11.3. The predicted molar refractivity (Wildman–Crippen MR) is 65.6 cm³/mol. The maximum atomic E-state index is 7.21. The molecule has 1 heterocycles. The molecule has 5 nitrogen and oxygen atoms in total. The van der Waals surface area contributed by atoms with Gasteiger partial charge in [-0.25, -0.2) is 0 Å². The summed E-state index contributed by atoms with van der Waals surface area (Å²) in [5.74, 6) is 0.263. The fraction of sp³-hybridized carbons (Fsp3) is 0.636. The molecule has 0 saturated heterocycles. The van der Waals surface area contributed by atoms with Crippen LogP contribution in [0, 0.1) is 5.41 Å². The van der Waals surface area contributed by atoms with Crippen LogP contribution in [0.2, 0.25) is 0 Å². The van der Waals surface area contributed by atoms with Crippen molar-refractivity contribution in [1.29, 1.82) is 5.41 Å². The van der Waals surface area contributed by atoms with Gasteiger partial charge in [-0.15, -0.1) is 0 Å². The third-order valence-corrected chi connectivity index (χ3v) is 2.75. The Labute approximate surface area is 96.7 Å². The molecule has 1 aromatic heterocycles. The molecule has 3 N–H and O–H groups in total. The van der Waals surface area contributed by atoms with Gasteiger partial charge in [0.05, 0.1) is 5.84 Å². The molecule has 0 aliphatic heterocycles. The highest BCUT2D eigenvalue weighted by Gasteiger charge is 2.05. The molecule has 1 aromatic rings. The highest BCUT2D eigenvalue weighted by atomic mass is 15.3. The molecule has 0 aliphatic rings. The molecule has 0 amide bonds. The lowest BCUT2D eigenvalue weighted by molar-refractivity contribution is 0.298. The van der Waals surface area contributed by atoms with Gasteiger partial charge in [0.2, 0.25) is 0 Å². The highest BCUT2D eigenvalue weighted by molar-refractivity contribution is 5.76. The van der Waals surface area contributed by atoms with E-state index in [2.05, 4.69) is 16.9 Å². The second-order valence-corrected chi connectivity index (χ2v) is 3.91. The standard InChI is InChI=1S/C11H21N5/c1-3-16(9-6-11(12)13)8-5-10-4-7-14-15(10)2/h4,7H,3,5-6,8-9H2,1-2H3,(H3,12,13). The molecule has 0 radical (unpaired) electrons. The van der Waals surface area contributed by atoms with E-state index in [4.69, 9.17) is 11.1 Å². The first-order chi connectivity index (χ1) is 7.63. The van der Waals surface area contributed by atoms with Gasteiger partial charge in [-0.1, -0.05) is 6.92 Å². The van der Waals surface area contributed by atoms with Crippen molar-refractivity contribution in [1.82, 2.24) is 14.7 Å². The van der Waals surface area contributed by atoms with Crippen molar-refractivity contribution >= 4 is 5.84 Å². The van der Waals surface area contributed by atoms with Gasteiger partial charge in [0, 0.05) is 44.9 Å². The Balaban J connectivity index is 2.34. The molecule has 0 spiro atoms. The monoisotopic (exact) mass is 223 g/mol. The molecule has 0 saturated carbocycles. The topological polar surface area (TPSA) is 70.9 Å². The van der Waals surface area contributed by atoms with Crippen molar-refractivity contribution in [3.8, 4) is 0 Å². The minimum absolute atomic E-state index is 0.263. The number of amidine groups is 1. The summed E-state index contributed by atoms with van der Waals surface area (Å²) in [7, 11) is 1.96. The van der Waals surface area contributed by atoms with E-state index in [0.29, 0.717) is 6.42 Å². The molecule has 1 rings (SSSR count). The maximum Gasteiger partial charge on any atom is 0.0918 e. The lowest BCUT2D eigenvalue weighted by Gasteiger charge is -2.19. The average Bonchev–Trinajstić information content (AvgIpc) is 2.64. The SMILES string of the molecule is CCN(CCC(=N)N)CCc1ccnn1C. The molecule has 0 aliphatic carbocycles. The summed E-state index contributed by atoms with van der Waals surface area (Å²) < 4.78 is 1.90. The van der Waals surface area contributed by atoms with Crippen LogP contribution in [0.3, 0.4) is 0 Å². The normalized spacial score (nSPS) is 10.9. The van der Waals surface area contributed by atoms with Gasteiger partial charge in [0.1, 0.15) is 0 Å². The minimum atomic E-state index is 0.263. The van der Waals surface area contributed by atoms with Crippen LogP contribution in [0.25, 0.3) is 0 Å². The maximum absolute atomic E-state index is 7.21. The zero-order valence-electron chi connectivity index (χ0n) is 10.1. The Morgan fingerprint density at radius 2 is 2.31 bits per heavy atom. The molecule has 0 bridgehead atoms. The first-order valence-corrected chi connectivity index (χ1v) is 5.65. The Kier molecular flexibility index (Phi) is 4.98. The van der Waals surface area contributed by atoms with Crippen LogP contribution in [0.4, 0.5) is 0 Å². The molecule has 0 atom stereocenters. The van der Waals surface area contributed by atoms with Crippen molar-refractivity contribution in [2.24, 2.45) is 12.8 Å². The number of nitrogens with two attached hydrogens (primary N) is 1. The van der Waals surface area contributed by atoms with E-state index in [1.54, 1.807) is 0 Å². The molecule has 90 valence electrons. The third-order valence-electron chi connectivity index (χ3n) is 2.75. The first-order valence-electron chi connectivity index (χ1n) is 5.65. The van der Waals surface area contributed by atoms with Crippen LogP contribution in [-0.2, 0) is 13.5 Å². The molecule has 16 heavy (non-hydrogen) atoms. The van der Waals surface area contributed by atoms with Crippen molar-refractivity contribution in [3.05, 3.63) is 18.0 Å². The number of aromatic nitrogens is 2. The molecule has 0 unspecified atom stereocenters. The lowest BCUT2D eigenvalue weighted by Crippen LogP contribution is -2.30. The van der Waals surface area contributed by atoms with Crippen LogP contribution < -0.4 is 5.73 Å². The van der Waals surface area contributed by atoms with Crippen molar-refractivity contribution < 1.29 is 0 Å². The largest absolute Gasteiger partial charge is 0.388 e. The zero-order valence-corrected chi connectivity index (χ0v) is 10.1. The van der Waals surface area contributed by atoms with Gasteiger partial charge in [-0.05, 0) is 12.6 Å². The van der Waals surface area contributed by atoms with Gasteiger partial charge in [0.25, 0.3) is 0 Å². The van der Waals surface area contributed by atoms with E-state index in [1.807, 2.05) is 24.0 Å². The predicted octanol–water partition coefficient (Wildman–Crippen LogP) is 0.611. The Morgan fingerprint density at radius 1 is 1.56 bits per heavy atom. The third kappa shape index (κ3) is 4.02. The quantitative estimate of drug-likeness (QED) is 0.525. The fourth-order valence-electron chi connectivity index (χ4n) is 1.63. The van der Waals surface area contributed by atoms with Gasteiger partial charge in [-0.3, -0.25) is 10.1 Å². The number of aryl methyl sites for hydroxylation is 1. The summed E-state index contributed by atoms with van der Waals surface area (Å²) in [6.45, 7) is 4.97. The van der Waals surface area contributed by atoms with Crippen LogP contribution in [0.15, 0.2) is 12.3 Å². The van der Waals surface area contributed by atoms with Gasteiger partial charge >= 0.3 is 0 Å². The van der Waals surface area contributed by atoms with E-state index >= 15 is 0 Å². The number of hydrogen-bond donors (Lipinski definition) is 2. The molecular weight excluding hydrogens is 202 g/mol. The summed E-state index contributed by atoms with van der Waals surface area (Å²) in [6.07, 6.45) is 3.46. The zero-order chi connectivity index (χ0) is 12.0. The van der Waals surface area contributed by atoms with Crippen LogP contribution in [0.1, 0.15) is 19.0 Å². The minimum Gasteiger partial charge on any atom is -0.388 e. The van der Waals surface area contributed by atoms with E-state index in [9.17, 15) is 0 Å². The second kappa shape index (κ2) is 6.27. The first kappa shape index (κ1) is 12.7. The summed E-state index contributed by atoms with van der Waals surface area (Å²) in [5.41, 5.74) is 6.59. The van der Waals surface area contributed by atoms with E-state index in [1.165, 1.54) is 5.69 Å². The molecular formula is C11H21N5. The lowest BCUT2D eigenvalue weighted by atomic mass is 10.2. The Bertz CT molecular complexity index is 331. The van der Waals surface area contributed by atoms with E-state index < -0.39 is 0 Å². The number of rotatable bonds is 7. The van der Waals surface area contributed by atoms with Gasteiger partial charge < -0.3 is 10.6 Å². The van der Waals surface area contributed by atoms with Crippen molar-refractivity contribution in [2.75, 3.05) is 19.6 Å². The average molecular weight is 223 g/mol. The summed E-state index contributed by atoms with van der Waals surface area (Å²) >= 11 is 0. The van der Waals surface area contributed by atoms with E-state index in [0.717, 1.165) is 26.1 Å². The van der Waals surface area contributed by atoms with Crippen molar-refractivity contribution in [3.63, 3.8) is 0 Å². The molecule has 0 fully saturated rings. The number of likely N-dealkylation sites (N-methyl/N-ethyl adjacent to an activating group) is 1. The molecule has 0 aromatic carbocycles.